The van der Waals surface area contributed by atoms with Crippen LogP contribution in [0.5, 0.6) is 0 Å². The van der Waals surface area contributed by atoms with Crippen LogP contribution in [0.4, 0.5) is 18.9 Å². The van der Waals surface area contributed by atoms with Crippen molar-refractivity contribution in [2.75, 3.05) is 18.6 Å². The Labute approximate surface area is 102 Å². The second-order valence-electron chi connectivity index (χ2n) is 3.60. The zero-order chi connectivity index (χ0) is 13.8. The molecule has 0 aromatic carbocycles. The van der Waals surface area contributed by atoms with E-state index in [0.717, 1.165) is 6.20 Å². The van der Waals surface area contributed by atoms with Crippen molar-refractivity contribution in [3.05, 3.63) is 24.5 Å². The van der Waals surface area contributed by atoms with E-state index >= 15 is 0 Å². The number of rotatable bonds is 4. The van der Waals surface area contributed by atoms with Gasteiger partial charge in [-0.05, 0) is 13.0 Å². The van der Waals surface area contributed by atoms with Gasteiger partial charge in [-0.3, -0.25) is 14.7 Å². The third kappa shape index (κ3) is 3.43. The van der Waals surface area contributed by atoms with Crippen LogP contribution in [0.3, 0.4) is 0 Å². The average Bonchev–Trinajstić information content (AvgIpc) is 2.29. The molecule has 1 aromatic heterocycles. The summed E-state index contributed by atoms with van der Waals surface area (Å²) in [4.78, 5) is 15.6. The number of alkyl halides is 3. The van der Waals surface area contributed by atoms with Crippen LogP contribution >= 0.6 is 0 Å². The molecule has 1 radical (unpaired) electrons. The zero-order valence-electron chi connectivity index (χ0n) is 9.86. The lowest BCUT2D eigenvalue weighted by molar-refractivity contribution is -0.171. The van der Waals surface area contributed by atoms with Crippen molar-refractivity contribution in [3.8, 4) is 0 Å². The first-order valence-corrected chi connectivity index (χ1v) is 5.09. The molecule has 0 spiro atoms. The molecule has 1 heterocycles. The Kier molecular flexibility index (Phi) is 4.66. The van der Waals surface area contributed by atoms with Gasteiger partial charge >= 0.3 is 12.1 Å². The first-order chi connectivity index (χ1) is 8.38. The molecule has 0 aliphatic heterocycles. The highest BCUT2D eigenvalue weighted by Gasteiger charge is 2.44. The van der Waals surface area contributed by atoms with Crippen LogP contribution in [0.25, 0.3) is 0 Å². The van der Waals surface area contributed by atoms with Crippen LogP contribution < -0.4 is 4.90 Å². The van der Waals surface area contributed by atoms with Gasteiger partial charge in [0.1, 0.15) is 0 Å². The van der Waals surface area contributed by atoms with Crippen LogP contribution in [-0.2, 0) is 9.53 Å². The summed E-state index contributed by atoms with van der Waals surface area (Å²) in [6.07, 6.45) is -2.44. The lowest BCUT2D eigenvalue weighted by Gasteiger charge is -2.28. The number of halogens is 3. The minimum Gasteiger partial charge on any atom is -0.383 e. The summed E-state index contributed by atoms with van der Waals surface area (Å²) in [5.41, 5.74) is -0.0376. The zero-order valence-corrected chi connectivity index (χ0v) is 9.86. The van der Waals surface area contributed by atoms with Gasteiger partial charge in [0.05, 0.1) is 24.5 Å². The minimum absolute atomic E-state index is 0.0233. The van der Waals surface area contributed by atoms with E-state index < -0.39 is 18.1 Å². The number of pyridine rings is 1. The van der Waals surface area contributed by atoms with Crippen molar-refractivity contribution in [2.45, 2.75) is 19.1 Å². The summed E-state index contributed by atoms with van der Waals surface area (Å²) in [6, 6.07) is 3.11. The molecule has 1 atom stereocenters. The molecule has 1 aromatic rings. The number of anilines is 1. The molecule has 0 aliphatic rings. The second-order valence-corrected chi connectivity index (χ2v) is 3.60. The molecule has 0 N–H and O–H groups in total. The molecule has 1 amide bonds. The Morgan fingerprint density at radius 1 is 1.61 bits per heavy atom. The number of hydrogen-bond acceptors (Lipinski definition) is 3. The molecule has 0 saturated carbocycles. The maximum atomic E-state index is 12.5. The number of ether oxygens (including phenoxy) is 1. The van der Waals surface area contributed by atoms with Gasteiger partial charge in [0.2, 0.25) is 0 Å². The fraction of sp³-hybridized carbons (Fsp3) is 0.455. The molecular weight excluding hydrogens is 249 g/mol. The Morgan fingerprint density at radius 3 is 2.72 bits per heavy atom. The maximum absolute atomic E-state index is 12.5. The average molecular weight is 261 g/mol. The van der Waals surface area contributed by atoms with E-state index in [9.17, 15) is 18.0 Å². The fourth-order valence-corrected chi connectivity index (χ4v) is 1.45. The lowest BCUT2D eigenvalue weighted by Crippen LogP contribution is -2.48. The monoisotopic (exact) mass is 261 g/mol. The van der Waals surface area contributed by atoms with Gasteiger partial charge in [0, 0.05) is 19.4 Å². The summed E-state index contributed by atoms with van der Waals surface area (Å²) in [5, 5.41) is 0. The summed E-state index contributed by atoms with van der Waals surface area (Å²) >= 11 is 0. The molecule has 0 fully saturated rings. The first kappa shape index (κ1) is 14.4. The molecule has 18 heavy (non-hydrogen) atoms. The maximum Gasteiger partial charge on any atom is 0.471 e. The van der Waals surface area contributed by atoms with Crippen molar-refractivity contribution < 1.29 is 22.7 Å². The Hall–Kier alpha value is -1.63. The smallest absolute Gasteiger partial charge is 0.383 e. The van der Waals surface area contributed by atoms with Gasteiger partial charge in [-0.1, -0.05) is 0 Å². The van der Waals surface area contributed by atoms with Crippen molar-refractivity contribution >= 4 is 11.6 Å². The van der Waals surface area contributed by atoms with Gasteiger partial charge in [0.25, 0.3) is 0 Å². The normalized spacial score (nSPS) is 13.2. The molecule has 0 saturated heterocycles. The van der Waals surface area contributed by atoms with Crippen molar-refractivity contribution in [1.29, 1.82) is 0 Å². The van der Waals surface area contributed by atoms with Crippen molar-refractivity contribution in [2.24, 2.45) is 0 Å². The van der Waals surface area contributed by atoms with Crippen LogP contribution in [0.15, 0.2) is 18.5 Å². The van der Waals surface area contributed by atoms with Crippen molar-refractivity contribution in [1.82, 2.24) is 4.98 Å². The Balaban J connectivity index is 3.07. The van der Waals surface area contributed by atoms with E-state index in [1.165, 1.54) is 26.3 Å². The number of methoxy groups -OCH3 is 1. The number of hydrogen-bond donors (Lipinski definition) is 0. The molecule has 1 unspecified atom stereocenters. The largest absolute Gasteiger partial charge is 0.471 e. The molecule has 4 nitrogen and oxygen atoms in total. The number of nitrogens with zero attached hydrogens (tertiary/aromatic N) is 2. The Morgan fingerprint density at radius 2 is 2.28 bits per heavy atom. The standard InChI is InChI=1S/C11H12F3N2O2/c1-8(7-18-2)16(10(17)11(12,13)14)9-4-3-5-15-6-9/h3,5-6,8H,7H2,1-2H3. The quantitative estimate of drug-likeness (QED) is 0.830. The lowest BCUT2D eigenvalue weighted by atomic mass is 10.2. The molecule has 7 heteroatoms. The van der Waals surface area contributed by atoms with Crippen LogP contribution in [0.1, 0.15) is 6.92 Å². The van der Waals surface area contributed by atoms with Gasteiger partial charge in [-0.15, -0.1) is 0 Å². The number of aromatic nitrogens is 1. The predicted molar refractivity (Wildman–Crippen MR) is 58.0 cm³/mol. The van der Waals surface area contributed by atoms with E-state index in [1.807, 2.05) is 0 Å². The molecule has 99 valence electrons. The molecule has 0 bridgehead atoms. The predicted octanol–water partition coefficient (Wildman–Crippen LogP) is 1.81. The minimum atomic E-state index is -4.95. The SMILES string of the molecule is COCC(C)N(C(=O)C(F)(F)F)c1[c]ccnc1. The van der Waals surface area contributed by atoms with E-state index in [1.54, 1.807) is 0 Å². The van der Waals surface area contributed by atoms with E-state index in [-0.39, 0.29) is 12.3 Å². The number of carbonyl (C=O) groups excluding carboxylic acids is 1. The van der Waals surface area contributed by atoms with Crippen molar-refractivity contribution in [3.63, 3.8) is 0 Å². The highest BCUT2D eigenvalue weighted by molar-refractivity contribution is 5.97. The van der Waals surface area contributed by atoms with Gasteiger partial charge in [0.15, 0.2) is 0 Å². The number of amides is 1. The van der Waals surface area contributed by atoms with Gasteiger partial charge < -0.3 is 4.74 Å². The van der Waals surface area contributed by atoms with Gasteiger partial charge in [-0.2, -0.15) is 13.2 Å². The van der Waals surface area contributed by atoms with Gasteiger partial charge in [-0.25, -0.2) is 0 Å². The summed E-state index contributed by atoms with van der Waals surface area (Å²) in [5.74, 6) is -1.96. The molecular formula is C11H12F3N2O2. The van der Waals surface area contributed by atoms with E-state index in [2.05, 4.69) is 11.1 Å². The highest BCUT2D eigenvalue weighted by Crippen LogP contribution is 2.24. The third-order valence-corrected chi connectivity index (χ3v) is 2.16. The first-order valence-electron chi connectivity index (χ1n) is 5.09. The van der Waals surface area contributed by atoms with Crippen LogP contribution in [-0.4, -0.2) is 36.8 Å². The molecule has 0 aliphatic carbocycles. The van der Waals surface area contributed by atoms with Crippen LogP contribution in [0, 0.1) is 6.07 Å². The second kappa shape index (κ2) is 5.81. The number of carbonyl (C=O) groups is 1. The highest BCUT2D eigenvalue weighted by atomic mass is 19.4. The van der Waals surface area contributed by atoms with Crippen LogP contribution in [0.2, 0.25) is 0 Å². The Bertz CT molecular complexity index is 395. The van der Waals surface area contributed by atoms with E-state index in [4.69, 9.17) is 4.74 Å². The van der Waals surface area contributed by atoms with E-state index in [0.29, 0.717) is 4.90 Å². The summed E-state index contributed by atoms with van der Waals surface area (Å²) < 4.78 is 42.3. The molecule has 1 rings (SSSR count). The fourth-order valence-electron chi connectivity index (χ4n) is 1.45. The summed E-state index contributed by atoms with van der Waals surface area (Å²) in [7, 11) is 1.35. The topological polar surface area (TPSA) is 42.4 Å². The summed E-state index contributed by atoms with van der Waals surface area (Å²) in [6.45, 7) is 1.43. The third-order valence-electron chi connectivity index (χ3n) is 2.16.